The van der Waals surface area contributed by atoms with E-state index in [4.69, 9.17) is 21.1 Å². The lowest BCUT2D eigenvalue weighted by Crippen LogP contribution is -2.18. The molecule has 1 aromatic carbocycles. The van der Waals surface area contributed by atoms with E-state index in [0.29, 0.717) is 29.5 Å². The molecule has 0 aliphatic heterocycles. The molecule has 0 bridgehead atoms. The Kier molecular flexibility index (Phi) is 5.10. The highest BCUT2D eigenvalue weighted by Gasteiger charge is 2.16. The van der Waals surface area contributed by atoms with Gasteiger partial charge < -0.3 is 14.8 Å². The Labute approximate surface area is 106 Å². The zero-order valence-electron chi connectivity index (χ0n) is 10.1. The second kappa shape index (κ2) is 6.35. The summed E-state index contributed by atoms with van der Waals surface area (Å²) in [5.41, 5.74) is 0.915. The molecule has 0 fully saturated rings. The van der Waals surface area contributed by atoms with Crippen LogP contribution in [0.2, 0.25) is 5.02 Å². The van der Waals surface area contributed by atoms with Gasteiger partial charge >= 0.3 is 0 Å². The molecule has 0 aliphatic rings. The van der Waals surface area contributed by atoms with Gasteiger partial charge in [-0.15, -0.1) is 0 Å². The predicted molar refractivity (Wildman–Crippen MR) is 67.0 cm³/mol. The number of benzene rings is 1. The van der Waals surface area contributed by atoms with Crippen LogP contribution in [-0.4, -0.2) is 27.2 Å². The van der Waals surface area contributed by atoms with Crippen molar-refractivity contribution in [3.05, 3.63) is 22.7 Å². The fraction of sp³-hybridized carbons (Fsp3) is 0.417. The minimum absolute atomic E-state index is 0.104. The molecule has 1 N–H and O–H groups in total. The van der Waals surface area contributed by atoms with E-state index in [0.717, 1.165) is 5.56 Å². The third kappa shape index (κ3) is 3.03. The lowest BCUT2D eigenvalue weighted by Gasteiger charge is -2.17. The molecule has 0 aliphatic carbocycles. The van der Waals surface area contributed by atoms with E-state index in [2.05, 4.69) is 5.32 Å². The van der Waals surface area contributed by atoms with Crippen LogP contribution in [0.5, 0.6) is 11.5 Å². The molecule has 1 amide bonds. The summed E-state index contributed by atoms with van der Waals surface area (Å²) in [6, 6.07) is 3.68. The molecule has 17 heavy (non-hydrogen) atoms. The lowest BCUT2D eigenvalue weighted by molar-refractivity contribution is -0.109. The fourth-order valence-corrected chi connectivity index (χ4v) is 2.04. The largest absolute Gasteiger partial charge is 0.493 e. The highest BCUT2D eigenvalue weighted by atomic mass is 35.5. The van der Waals surface area contributed by atoms with Gasteiger partial charge in [-0.05, 0) is 11.6 Å². The van der Waals surface area contributed by atoms with E-state index in [1.165, 1.54) is 0 Å². The minimum atomic E-state index is 0.104. The first-order valence-electron chi connectivity index (χ1n) is 5.23. The number of amides is 1. The van der Waals surface area contributed by atoms with Crippen molar-refractivity contribution < 1.29 is 14.3 Å². The van der Waals surface area contributed by atoms with Crippen molar-refractivity contribution in [2.75, 3.05) is 20.8 Å². The van der Waals surface area contributed by atoms with Crippen molar-refractivity contribution in [1.82, 2.24) is 5.32 Å². The van der Waals surface area contributed by atoms with E-state index in [1.807, 2.05) is 13.0 Å². The molecule has 1 rings (SSSR count). The van der Waals surface area contributed by atoms with Gasteiger partial charge in [-0.2, -0.15) is 0 Å². The Balaban J connectivity index is 3.05. The van der Waals surface area contributed by atoms with Gasteiger partial charge in [0.25, 0.3) is 0 Å². The number of rotatable bonds is 6. The summed E-state index contributed by atoms with van der Waals surface area (Å²) >= 11 is 6.25. The van der Waals surface area contributed by atoms with Gasteiger partial charge in [0.2, 0.25) is 6.41 Å². The first-order valence-corrected chi connectivity index (χ1v) is 5.60. The van der Waals surface area contributed by atoms with Crippen LogP contribution in [0.1, 0.15) is 18.4 Å². The predicted octanol–water partition coefficient (Wildman–Crippen LogP) is 2.21. The number of ether oxygens (including phenoxy) is 2. The van der Waals surface area contributed by atoms with Crippen molar-refractivity contribution >= 4 is 18.0 Å². The van der Waals surface area contributed by atoms with Crippen LogP contribution in [-0.2, 0) is 4.79 Å². The van der Waals surface area contributed by atoms with Gasteiger partial charge in [-0.3, -0.25) is 4.79 Å². The highest BCUT2D eigenvalue weighted by molar-refractivity contribution is 6.33. The van der Waals surface area contributed by atoms with E-state index in [-0.39, 0.29) is 5.92 Å². The zero-order chi connectivity index (χ0) is 12.8. The lowest BCUT2D eigenvalue weighted by atomic mass is 10.0. The molecule has 1 aromatic rings. The Hall–Kier alpha value is -1.42. The topological polar surface area (TPSA) is 47.6 Å². The van der Waals surface area contributed by atoms with Crippen molar-refractivity contribution in [3.8, 4) is 11.5 Å². The third-order valence-corrected chi connectivity index (χ3v) is 2.94. The molecule has 0 saturated carbocycles. The van der Waals surface area contributed by atoms with Crippen molar-refractivity contribution in [2.24, 2.45) is 0 Å². The molecule has 0 saturated heterocycles. The number of carbonyl (C=O) groups is 1. The quantitative estimate of drug-likeness (QED) is 0.795. The van der Waals surface area contributed by atoms with E-state index < -0.39 is 0 Å². The summed E-state index contributed by atoms with van der Waals surface area (Å²) < 4.78 is 10.4. The number of nitrogens with one attached hydrogen (secondary N) is 1. The standard InChI is InChI=1S/C12H16ClNO3/c1-8(6-14-7-15)9-4-5-10(16-2)12(17-3)11(9)13/h4-5,7-8H,6H2,1-3H3,(H,14,15). The van der Waals surface area contributed by atoms with Crippen LogP contribution in [0.15, 0.2) is 12.1 Å². The summed E-state index contributed by atoms with van der Waals surface area (Å²) in [7, 11) is 3.10. The zero-order valence-corrected chi connectivity index (χ0v) is 10.9. The summed E-state index contributed by atoms with van der Waals surface area (Å²) in [4.78, 5) is 10.3. The van der Waals surface area contributed by atoms with Crippen LogP contribution in [0.25, 0.3) is 0 Å². The SMILES string of the molecule is COc1ccc(C(C)CNC=O)c(Cl)c1OC. The maximum atomic E-state index is 10.3. The molecule has 4 nitrogen and oxygen atoms in total. The molecule has 0 radical (unpaired) electrons. The minimum Gasteiger partial charge on any atom is -0.493 e. The number of hydrogen-bond acceptors (Lipinski definition) is 3. The average Bonchev–Trinajstić information content (AvgIpc) is 2.35. The third-order valence-electron chi connectivity index (χ3n) is 2.55. The first-order chi connectivity index (χ1) is 8.15. The van der Waals surface area contributed by atoms with Crippen LogP contribution in [0.3, 0.4) is 0 Å². The van der Waals surface area contributed by atoms with Gasteiger partial charge in [0.1, 0.15) is 0 Å². The summed E-state index contributed by atoms with van der Waals surface area (Å²) in [6.45, 7) is 2.50. The van der Waals surface area contributed by atoms with E-state index >= 15 is 0 Å². The van der Waals surface area contributed by atoms with Crippen LogP contribution in [0.4, 0.5) is 0 Å². The van der Waals surface area contributed by atoms with E-state index in [9.17, 15) is 4.79 Å². The van der Waals surface area contributed by atoms with E-state index in [1.54, 1.807) is 20.3 Å². The number of methoxy groups -OCH3 is 2. The first kappa shape index (κ1) is 13.6. The normalized spacial score (nSPS) is 11.8. The molecule has 94 valence electrons. The van der Waals surface area contributed by atoms with Gasteiger partial charge in [-0.1, -0.05) is 24.6 Å². The fourth-order valence-electron chi connectivity index (χ4n) is 1.62. The molecular formula is C12H16ClNO3. The van der Waals surface area contributed by atoms with Gasteiger partial charge in [-0.25, -0.2) is 0 Å². The Morgan fingerprint density at radius 3 is 2.65 bits per heavy atom. The van der Waals surface area contributed by atoms with Crippen molar-refractivity contribution in [2.45, 2.75) is 12.8 Å². The maximum Gasteiger partial charge on any atom is 0.207 e. The number of halogens is 1. The molecular weight excluding hydrogens is 242 g/mol. The molecule has 0 spiro atoms. The summed E-state index contributed by atoms with van der Waals surface area (Å²) in [6.07, 6.45) is 0.672. The second-order valence-electron chi connectivity index (χ2n) is 3.63. The van der Waals surface area contributed by atoms with Gasteiger partial charge in [0, 0.05) is 12.5 Å². The molecule has 0 heterocycles. The summed E-state index contributed by atoms with van der Waals surface area (Å²) in [5.74, 6) is 1.22. The Bertz CT molecular complexity index is 396. The smallest absolute Gasteiger partial charge is 0.207 e. The van der Waals surface area contributed by atoms with Crippen molar-refractivity contribution in [3.63, 3.8) is 0 Å². The monoisotopic (exact) mass is 257 g/mol. The van der Waals surface area contributed by atoms with Gasteiger partial charge in [0.05, 0.1) is 19.2 Å². The van der Waals surface area contributed by atoms with Crippen molar-refractivity contribution in [1.29, 1.82) is 0 Å². The van der Waals surface area contributed by atoms with Gasteiger partial charge in [0.15, 0.2) is 11.5 Å². The number of carbonyl (C=O) groups excluding carboxylic acids is 1. The molecule has 1 atom stereocenters. The summed E-state index contributed by atoms with van der Waals surface area (Å²) in [5, 5.41) is 3.15. The van der Waals surface area contributed by atoms with Crippen LogP contribution < -0.4 is 14.8 Å². The van der Waals surface area contributed by atoms with Crippen LogP contribution in [0, 0.1) is 0 Å². The second-order valence-corrected chi connectivity index (χ2v) is 4.01. The maximum absolute atomic E-state index is 10.3. The molecule has 5 heteroatoms. The number of hydrogen-bond donors (Lipinski definition) is 1. The Morgan fingerprint density at radius 2 is 2.12 bits per heavy atom. The van der Waals surface area contributed by atoms with Crippen LogP contribution >= 0.6 is 11.6 Å². The highest BCUT2D eigenvalue weighted by Crippen LogP contribution is 2.39. The molecule has 1 unspecified atom stereocenters. The molecule has 0 aromatic heterocycles. The Morgan fingerprint density at radius 1 is 1.41 bits per heavy atom. The average molecular weight is 258 g/mol.